The second-order valence-corrected chi connectivity index (χ2v) is 4.63. The molecule has 0 fully saturated rings. The van der Waals surface area contributed by atoms with Gasteiger partial charge in [-0.05, 0) is 30.7 Å². The molecule has 0 aromatic heterocycles. The molecule has 0 radical (unpaired) electrons. The summed E-state index contributed by atoms with van der Waals surface area (Å²) in [5.41, 5.74) is 5.67. The summed E-state index contributed by atoms with van der Waals surface area (Å²) in [4.78, 5) is 16.8. The van der Waals surface area contributed by atoms with Gasteiger partial charge in [0.15, 0.2) is 0 Å². The largest absolute Gasteiger partial charge is 0.362 e. The van der Waals surface area contributed by atoms with Crippen LogP contribution in [0, 0.1) is 6.92 Å². The Morgan fingerprint density at radius 1 is 1.10 bits per heavy atom. The van der Waals surface area contributed by atoms with E-state index in [1.165, 1.54) is 0 Å². The third kappa shape index (κ3) is 4.66. The second kappa shape index (κ2) is 7.10. The van der Waals surface area contributed by atoms with Gasteiger partial charge in [0.05, 0.1) is 11.3 Å². The first-order valence-electron chi connectivity index (χ1n) is 6.61. The van der Waals surface area contributed by atoms with Gasteiger partial charge in [-0.2, -0.15) is 0 Å². The number of benzene rings is 2. The lowest BCUT2D eigenvalue weighted by atomic mass is 10.2. The predicted molar refractivity (Wildman–Crippen MR) is 84.3 cm³/mol. The van der Waals surface area contributed by atoms with Gasteiger partial charge in [0, 0.05) is 0 Å². The Labute approximate surface area is 124 Å². The van der Waals surface area contributed by atoms with Gasteiger partial charge in [0.25, 0.3) is 0 Å². The topological polar surface area (TPSA) is 38.3 Å². The third-order valence-corrected chi connectivity index (χ3v) is 2.84. The molecule has 2 aromatic carbocycles. The molecule has 1 N–H and O–H groups in total. The van der Waals surface area contributed by atoms with E-state index in [4.69, 9.17) is 4.84 Å². The normalized spacial score (nSPS) is 10.3. The van der Waals surface area contributed by atoms with E-state index in [1.807, 2.05) is 55.5 Å². The number of aryl methyl sites for hydroxylation is 1. The van der Waals surface area contributed by atoms with Gasteiger partial charge in [-0.3, -0.25) is 0 Å². The number of allylic oxidation sites excluding steroid dienone is 1. The van der Waals surface area contributed by atoms with Crippen molar-refractivity contribution in [2.24, 2.45) is 0 Å². The summed E-state index contributed by atoms with van der Waals surface area (Å²) in [6.07, 6.45) is 3.63. The number of rotatable bonds is 5. The molecule has 0 heterocycles. The first kappa shape index (κ1) is 14.6. The van der Waals surface area contributed by atoms with Crippen molar-refractivity contribution in [3.63, 3.8) is 0 Å². The maximum Gasteiger partial charge on any atom is 0.362 e. The molecule has 3 heteroatoms. The Morgan fingerprint density at radius 2 is 1.76 bits per heavy atom. The molecular weight excluding hydrogens is 262 g/mol. The minimum absolute atomic E-state index is 0.440. The molecule has 106 valence electrons. The summed E-state index contributed by atoms with van der Waals surface area (Å²) in [5, 5.41) is 0. The summed E-state index contributed by atoms with van der Waals surface area (Å²) < 4.78 is 0. The summed E-state index contributed by atoms with van der Waals surface area (Å²) in [5.74, 6) is -0.440. The van der Waals surface area contributed by atoms with Gasteiger partial charge in [-0.1, -0.05) is 60.7 Å². The maximum absolute atomic E-state index is 11.8. The van der Waals surface area contributed by atoms with Crippen LogP contribution in [0.4, 0.5) is 0 Å². The molecule has 0 aliphatic rings. The molecule has 0 unspecified atom stereocenters. The standard InChI is InChI=1S/C18H17NO2/c1-14-8-12-17(13-9-14)18(20)21-19-15(2)10-11-16-6-4-3-5-7-16/h3-13,19H,2H2,1H3/b11-10+. The van der Waals surface area contributed by atoms with Gasteiger partial charge < -0.3 is 4.84 Å². The van der Waals surface area contributed by atoms with Gasteiger partial charge in [0.2, 0.25) is 0 Å². The molecule has 0 amide bonds. The fourth-order valence-corrected chi connectivity index (χ4v) is 1.66. The number of carbonyl (C=O) groups excluding carboxylic acids is 1. The number of hydrogen-bond donors (Lipinski definition) is 1. The van der Waals surface area contributed by atoms with Gasteiger partial charge in [0.1, 0.15) is 0 Å². The molecule has 0 aliphatic heterocycles. The molecule has 0 atom stereocenters. The monoisotopic (exact) mass is 279 g/mol. The van der Waals surface area contributed by atoms with Crippen LogP contribution in [0.2, 0.25) is 0 Å². The van der Waals surface area contributed by atoms with Crippen LogP contribution in [0.5, 0.6) is 0 Å². The Morgan fingerprint density at radius 3 is 2.43 bits per heavy atom. The highest BCUT2D eigenvalue weighted by Crippen LogP contribution is 2.05. The van der Waals surface area contributed by atoms with E-state index in [-0.39, 0.29) is 0 Å². The first-order valence-corrected chi connectivity index (χ1v) is 6.61. The number of carbonyl (C=O) groups is 1. The van der Waals surface area contributed by atoms with Crippen LogP contribution in [0.25, 0.3) is 6.08 Å². The van der Waals surface area contributed by atoms with E-state index in [2.05, 4.69) is 12.1 Å². The van der Waals surface area contributed by atoms with E-state index in [1.54, 1.807) is 18.2 Å². The summed E-state index contributed by atoms with van der Waals surface area (Å²) in [7, 11) is 0. The van der Waals surface area contributed by atoms with E-state index in [9.17, 15) is 4.79 Å². The van der Waals surface area contributed by atoms with Crippen LogP contribution in [-0.2, 0) is 4.84 Å². The number of hydroxylamine groups is 1. The van der Waals surface area contributed by atoms with Gasteiger partial charge in [-0.15, -0.1) is 0 Å². The Hall–Kier alpha value is -2.81. The van der Waals surface area contributed by atoms with Crippen molar-refractivity contribution in [1.82, 2.24) is 5.48 Å². The molecule has 2 rings (SSSR count). The van der Waals surface area contributed by atoms with Crippen LogP contribution in [-0.4, -0.2) is 5.97 Å². The van der Waals surface area contributed by atoms with E-state index in [0.29, 0.717) is 11.3 Å². The molecule has 0 saturated carbocycles. The van der Waals surface area contributed by atoms with Crippen LogP contribution < -0.4 is 5.48 Å². The minimum Gasteiger partial charge on any atom is -0.338 e. The van der Waals surface area contributed by atoms with Crippen molar-refractivity contribution in [3.05, 3.63) is 89.6 Å². The summed E-state index contributed by atoms with van der Waals surface area (Å²) in [6.45, 7) is 5.74. The Bertz CT molecular complexity index is 643. The Kier molecular flexibility index (Phi) is 4.94. The molecule has 0 saturated heterocycles. The average molecular weight is 279 g/mol. The fraction of sp³-hybridized carbons (Fsp3) is 0.0556. The predicted octanol–water partition coefficient (Wildman–Crippen LogP) is 3.88. The SMILES string of the molecule is C=C(/C=C/c1ccccc1)NOC(=O)c1ccc(C)cc1. The van der Waals surface area contributed by atoms with Crippen molar-refractivity contribution < 1.29 is 9.63 Å². The van der Waals surface area contributed by atoms with Crippen LogP contribution >= 0.6 is 0 Å². The molecule has 0 spiro atoms. The maximum atomic E-state index is 11.8. The third-order valence-electron chi connectivity index (χ3n) is 2.84. The van der Waals surface area contributed by atoms with Gasteiger partial charge in [-0.25, -0.2) is 10.3 Å². The highest BCUT2D eigenvalue weighted by atomic mass is 16.7. The lowest BCUT2D eigenvalue weighted by Gasteiger charge is -2.06. The quantitative estimate of drug-likeness (QED) is 0.666. The van der Waals surface area contributed by atoms with Crippen molar-refractivity contribution in [1.29, 1.82) is 0 Å². The first-order chi connectivity index (χ1) is 10.1. The molecule has 21 heavy (non-hydrogen) atoms. The van der Waals surface area contributed by atoms with Crippen LogP contribution in [0.3, 0.4) is 0 Å². The van der Waals surface area contributed by atoms with E-state index < -0.39 is 5.97 Å². The van der Waals surface area contributed by atoms with Gasteiger partial charge >= 0.3 is 5.97 Å². The van der Waals surface area contributed by atoms with Crippen molar-refractivity contribution in [2.75, 3.05) is 0 Å². The minimum atomic E-state index is -0.440. The lowest BCUT2D eigenvalue weighted by molar-refractivity contribution is 0.0333. The zero-order chi connectivity index (χ0) is 15.1. The van der Waals surface area contributed by atoms with Crippen molar-refractivity contribution in [3.8, 4) is 0 Å². The molecule has 0 aliphatic carbocycles. The average Bonchev–Trinajstić information content (AvgIpc) is 2.52. The fourth-order valence-electron chi connectivity index (χ4n) is 1.66. The zero-order valence-corrected chi connectivity index (χ0v) is 11.9. The summed E-state index contributed by atoms with van der Waals surface area (Å²) in [6, 6.07) is 17.0. The van der Waals surface area contributed by atoms with Crippen LogP contribution in [0.15, 0.2) is 72.9 Å². The lowest BCUT2D eigenvalue weighted by Crippen LogP contribution is -2.18. The highest BCUT2D eigenvalue weighted by Gasteiger charge is 2.06. The van der Waals surface area contributed by atoms with Crippen LogP contribution in [0.1, 0.15) is 21.5 Å². The molecule has 2 aromatic rings. The van der Waals surface area contributed by atoms with E-state index in [0.717, 1.165) is 11.1 Å². The van der Waals surface area contributed by atoms with Crippen molar-refractivity contribution in [2.45, 2.75) is 6.92 Å². The number of nitrogens with one attached hydrogen (secondary N) is 1. The number of hydrogen-bond acceptors (Lipinski definition) is 3. The highest BCUT2D eigenvalue weighted by molar-refractivity contribution is 5.89. The molecule has 3 nitrogen and oxygen atoms in total. The smallest absolute Gasteiger partial charge is 0.338 e. The van der Waals surface area contributed by atoms with E-state index >= 15 is 0 Å². The zero-order valence-electron chi connectivity index (χ0n) is 11.9. The Balaban J connectivity index is 1.85. The van der Waals surface area contributed by atoms with Crippen molar-refractivity contribution >= 4 is 12.0 Å². The molecular formula is C18H17NO2. The summed E-state index contributed by atoms with van der Waals surface area (Å²) >= 11 is 0. The molecule has 0 bridgehead atoms. The second-order valence-electron chi connectivity index (χ2n) is 4.63.